The second kappa shape index (κ2) is 10.3. The Morgan fingerprint density at radius 3 is 2.17 bits per heavy atom. The fourth-order valence-electron chi connectivity index (χ4n) is 2.91. The van der Waals surface area contributed by atoms with E-state index in [-0.39, 0.29) is 17.0 Å². The Balaban J connectivity index is 0.00000155. The number of allylic oxidation sites excluding steroid dienone is 3. The minimum Gasteiger partial charge on any atom is -0.487 e. The number of ether oxygens (including phenoxy) is 1. The van der Waals surface area contributed by atoms with Crippen molar-refractivity contribution in [1.29, 1.82) is 0 Å². The van der Waals surface area contributed by atoms with Crippen molar-refractivity contribution in [2.24, 2.45) is 0 Å². The molecule has 30 heavy (non-hydrogen) atoms. The second-order valence-electron chi connectivity index (χ2n) is 6.09. The lowest BCUT2D eigenvalue weighted by atomic mass is 9.94. The van der Waals surface area contributed by atoms with Crippen LogP contribution >= 0.6 is 11.6 Å². The third kappa shape index (κ3) is 5.05. The lowest BCUT2D eigenvalue weighted by Crippen LogP contribution is -2.22. The highest BCUT2D eigenvalue weighted by Crippen LogP contribution is 2.41. The van der Waals surface area contributed by atoms with Gasteiger partial charge in [0, 0.05) is 24.8 Å². The molecule has 0 fully saturated rings. The van der Waals surface area contributed by atoms with Crippen molar-refractivity contribution in [2.45, 2.75) is 20.3 Å². The molecule has 0 N–H and O–H groups in total. The van der Waals surface area contributed by atoms with E-state index in [1.54, 1.807) is 37.4 Å². The van der Waals surface area contributed by atoms with Crippen molar-refractivity contribution in [3.8, 4) is 5.75 Å². The van der Waals surface area contributed by atoms with Gasteiger partial charge in [0.25, 0.3) is 6.43 Å². The molecule has 0 aliphatic carbocycles. The highest BCUT2D eigenvalue weighted by molar-refractivity contribution is 6.33. The molecule has 3 rings (SSSR count). The molecule has 0 atom stereocenters. The molecule has 7 heteroatoms. The van der Waals surface area contributed by atoms with Crippen LogP contribution in [-0.2, 0) is 0 Å². The predicted octanol–water partition coefficient (Wildman–Crippen LogP) is 7.09. The van der Waals surface area contributed by atoms with Crippen LogP contribution in [0.25, 0.3) is 11.3 Å². The van der Waals surface area contributed by atoms with Crippen LogP contribution in [-0.4, -0.2) is 25.0 Å². The van der Waals surface area contributed by atoms with Gasteiger partial charge in [-0.15, -0.1) is 0 Å². The number of halogens is 5. The van der Waals surface area contributed by atoms with Gasteiger partial charge in [-0.1, -0.05) is 62.4 Å². The topological polar surface area (TPSA) is 12.5 Å². The molecule has 160 valence electrons. The van der Waals surface area contributed by atoms with Gasteiger partial charge in [-0.05, 0) is 11.6 Å². The van der Waals surface area contributed by atoms with E-state index in [1.165, 1.54) is 4.90 Å². The number of benzene rings is 2. The first kappa shape index (κ1) is 23.5. The Labute approximate surface area is 178 Å². The first-order valence-electron chi connectivity index (χ1n) is 9.30. The van der Waals surface area contributed by atoms with Crippen LogP contribution < -0.4 is 4.74 Å². The number of alkyl halides is 2. The summed E-state index contributed by atoms with van der Waals surface area (Å²) in [6.45, 7) is 6.89. The monoisotopic (exact) mass is 439 g/mol. The van der Waals surface area contributed by atoms with Crippen molar-refractivity contribution in [2.75, 3.05) is 13.7 Å². The smallest absolute Gasteiger partial charge is 0.272 e. The van der Waals surface area contributed by atoms with Crippen molar-refractivity contribution < 1.29 is 22.3 Å². The van der Waals surface area contributed by atoms with Gasteiger partial charge < -0.3 is 9.64 Å². The van der Waals surface area contributed by atoms with E-state index < -0.39 is 24.7 Å². The van der Waals surface area contributed by atoms with Crippen LogP contribution in [0.2, 0.25) is 0 Å². The second-order valence-corrected chi connectivity index (χ2v) is 6.50. The summed E-state index contributed by atoms with van der Waals surface area (Å²) in [5, 5.41) is 0.336. The summed E-state index contributed by atoms with van der Waals surface area (Å²) < 4.78 is 59.1. The Morgan fingerprint density at radius 2 is 1.63 bits per heavy atom. The normalized spacial score (nSPS) is 13.8. The highest BCUT2D eigenvalue weighted by Gasteiger charge is 2.28. The fourth-order valence-corrected chi connectivity index (χ4v) is 3.15. The van der Waals surface area contributed by atoms with Crippen molar-refractivity contribution in [1.82, 2.24) is 4.90 Å². The number of nitrogens with zero attached hydrogens (tertiary/aromatic N) is 1. The molecule has 2 aromatic rings. The number of likely N-dealkylation sites (N-methyl/N-ethyl adjacent to an activating group) is 1. The Bertz CT molecular complexity index is 947. The Morgan fingerprint density at radius 1 is 1.07 bits per heavy atom. The third-order valence-electron chi connectivity index (χ3n) is 4.26. The van der Waals surface area contributed by atoms with Gasteiger partial charge in [0.15, 0.2) is 0 Å². The van der Waals surface area contributed by atoms with Crippen LogP contribution in [0.1, 0.15) is 25.0 Å². The molecule has 1 heterocycles. The third-order valence-corrected chi connectivity index (χ3v) is 4.58. The van der Waals surface area contributed by atoms with E-state index in [1.807, 2.05) is 19.9 Å². The lowest BCUT2D eigenvalue weighted by Gasteiger charge is -2.31. The quantitative estimate of drug-likeness (QED) is 0.461. The molecule has 0 unspecified atom stereocenters. The van der Waals surface area contributed by atoms with Gasteiger partial charge in [-0.3, -0.25) is 0 Å². The summed E-state index contributed by atoms with van der Waals surface area (Å²) in [4.78, 5) is 1.49. The summed E-state index contributed by atoms with van der Waals surface area (Å²) in [5.41, 5.74) is 1.46. The van der Waals surface area contributed by atoms with Gasteiger partial charge >= 0.3 is 0 Å². The van der Waals surface area contributed by atoms with Gasteiger partial charge in [-0.2, -0.15) is 0 Å². The fraction of sp³-hybridized carbons (Fsp3) is 0.217. The summed E-state index contributed by atoms with van der Waals surface area (Å²) >= 11 is 6.24. The maximum atomic E-state index is 14.9. The van der Waals surface area contributed by atoms with E-state index in [2.05, 4.69) is 6.58 Å². The molecule has 0 saturated heterocycles. The largest absolute Gasteiger partial charge is 0.487 e. The van der Waals surface area contributed by atoms with Gasteiger partial charge in [0.2, 0.25) is 0 Å². The average Bonchev–Trinajstić information content (AvgIpc) is 2.73. The van der Waals surface area contributed by atoms with Crippen molar-refractivity contribution in [3.63, 3.8) is 0 Å². The summed E-state index contributed by atoms with van der Waals surface area (Å²) in [7, 11) is 1.59. The molecule has 0 bridgehead atoms. The summed E-state index contributed by atoms with van der Waals surface area (Å²) in [5.74, 6) is -2.20. The van der Waals surface area contributed by atoms with Crippen LogP contribution in [0.4, 0.5) is 17.6 Å². The maximum Gasteiger partial charge on any atom is 0.272 e. The van der Waals surface area contributed by atoms with E-state index in [4.69, 9.17) is 16.3 Å². The summed E-state index contributed by atoms with van der Waals surface area (Å²) in [6, 6.07) is 10.7. The summed E-state index contributed by atoms with van der Waals surface area (Å²) in [6.07, 6.45) is -1.16. The van der Waals surface area contributed by atoms with Crippen molar-refractivity contribution >= 4 is 22.9 Å². The van der Waals surface area contributed by atoms with E-state index in [0.29, 0.717) is 21.9 Å². The molecule has 1 aliphatic heterocycles. The molecule has 0 amide bonds. The van der Waals surface area contributed by atoms with Crippen LogP contribution in [0.5, 0.6) is 5.75 Å². The standard InChI is InChI=1S/C21H16ClF4NO.C2H6/c1-12-16(22)10-15(13-6-4-3-5-7-13)21(27(12)2)20-17(23)8-14(9-18(20)24)28-11-19(25)26;1-2/h3-10,19H,1,11H2,2H3;1-2H3. The van der Waals surface area contributed by atoms with E-state index >= 15 is 0 Å². The zero-order valence-electron chi connectivity index (χ0n) is 16.9. The predicted molar refractivity (Wildman–Crippen MR) is 113 cm³/mol. The molecule has 1 aliphatic rings. The molecule has 2 aromatic carbocycles. The van der Waals surface area contributed by atoms with E-state index in [0.717, 1.165) is 12.1 Å². The maximum absolute atomic E-state index is 14.9. The number of hydrogen-bond acceptors (Lipinski definition) is 2. The molecule has 0 spiro atoms. The SMILES string of the molecule is C=C1C(Cl)=CC(c2ccccc2)=C(c2c(F)cc(OCC(F)F)cc2F)N1C.CC. The van der Waals surface area contributed by atoms with Crippen molar-refractivity contribution in [3.05, 3.63) is 88.6 Å². The average molecular weight is 440 g/mol. The lowest BCUT2D eigenvalue weighted by molar-refractivity contribution is 0.0815. The molecule has 0 aromatic heterocycles. The molecular weight excluding hydrogens is 418 g/mol. The molecule has 0 saturated carbocycles. The van der Waals surface area contributed by atoms with Crippen LogP contribution in [0.15, 0.2) is 65.8 Å². The Hall–Kier alpha value is -2.73. The van der Waals surface area contributed by atoms with E-state index in [9.17, 15) is 17.6 Å². The number of hydrogen-bond donors (Lipinski definition) is 0. The first-order chi connectivity index (χ1) is 14.3. The number of rotatable bonds is 5. The minimum atomic E-state index is -2.75. The van der Waals surface area contributed by atoms with Crippen LogP contribution in [0.3, 0.4) is 0 Å². The van der Waals surface area contributed by atoms with Gasteiger partial charge in [0.05, 0.1) is 22.0 Å². The zero-order valence-corrected chi connectivity index (χ0v) is 17.6. The Kier molecular flexibility index (Phi) is 8.12. The zero-order chi connectivity index (χ0) is 22.4. The van der Waals surface area contributed by atoms with Gasteiger partial charge in [0.1, 0.15) is 24.0 Å². The van der Waals surface area contributed by atoms with Crippen LogP contribution in [0, 0.1) is 11.6 Å². The molecular formula is C23H22ClF4NO. The molecule has 0 radical (unpaired) electrons. The molecule has 2 nitrogen and oxygen atoms in total. The first-order valence-corrected chi connectivity index (χ1v) is 9.67. The minimum absolute atomic E-state index is 0.219. The van der Waals surface area contributed by atoms with Gasteiger partial charge in [-0.25, -0.2) is 17.6 Å². The highest BCUT2D eigenvalue weighted by atomic mass is 35.5.